The summed E-state index contributed by atoms with van der Waals surface area (Å²) in [6.07, 6.45) is 3.65. The first kappa shape index (κ1) is 22.4. The molecular formula is C23H24F3N3O2. The van der Waals surface area contributed by atoms with E-state index in [0.717, 1.165) is 42.1 Å². The highest BCUT2D eigenvalue weighted by Crippen LogP contribution is 2.45. The molecule has 1 aromatic heterocycles. The summed E-state index contributed by atoms with van der Waals surface area (Å²) in [4.78, 5) is 23.4. The van der Waals surface area contributed by atoms with E-state index in [0.29, 0.717) is 23.2 Å². The van der Waals surface area contributed by atoms with Crippen molar-refractivity contribution in [2.24, 2.45) is 0 Å². The molecule has 8 heteroatoms. The molecule has 1 saturated carbocycles. The van der Waals surface area contributed by atoms with Gasteiger partial charge in [-0.1, -0.05) is 6.42 Å². The van der Waals surface area contributed by atoms with Gasteiger partial charge in [-0.05, 0) is 67.1 Å². The fraction of sp³-hybridized carbons (Fsp3) is 0.304. The van der Waals surface area contributed by atoms with Crippen LogP contribution in [0.25, 0.3) is 22.2 Å². The lowest BCUT2D eigenvalue weighted by molar-refractivity contribution is -0.124. The molecule has 0 aliphatic heterocycles. The molecule has 0 saturated heterocycles. The SMILES string of the molecule is CNC(=O)C(C)NC=O.Fc1ccc(-c2[nH]c3c(F)cc(F)cc3c2C2CCC2)cc1. The van der Waals surface area contributed by atoms with Gasteiger partial charge in [0.1, 0.15) is 23.5 Å². The third-order valence-corrected chi connectivity index (χ3v) is 5.47. The van der Waals surface area contributed by atoms with Crippen molar-refractivity contribution in [1.82, 2.24) is 15.6 Å². The minimum absolute atomic E-state index is 0.192. The first-order chi connectivity index (χ1) is 14.8. The average Bonchev–Trinajstić information content (AvgIpc) is 3.07. The maximum absolute atomic E-state index is 14.1. The molecular weight excluding hydrogens is 407 g/mol. The zero-order chi connectivity index (χ0) is 22.5. The van der Waals surface area contributed by atoms with E-state index in [1.165, 1.54) is 25.2 Å². The van der Waals surface area contributed by atoms with Gasteiger partial charge in [-0.15, -0.1) is 0 Å². The molecule has 0 radical (unpaired) electrons. The van der Waals surface area contributed by atoms with Crippen LogP contribution in [-0.4, -0.2) is 30.4 Å². The Hall–Kier alpha value is -3.29. The number of likely N-dealkylation sites (N-methyl/N-ethyl adjacent to an activating group) is 1. The van der Waals surface area contributed by atoms with Crippen molar-refractivity contribution in [3.05, 3.63) is 59.4 Å². The molecule has 2 amide bonds. The molecule has 1 unspecified atom stereocenters. The maximum atomic E-state index is 14.1. The quantitative estimate of drug-likeness (QED) is 0.525. The Morgan fingerprint density at radius 3 is 2.35 bits per heavy atom. The Balaban J connectivity index is 0.000000259. The number of aromatic amines is 1. The van der Waals surface area contributed by atoms with Crippen LogP contribution in [0.15, 0.2) is 36.4 Å². The van der Waals surface area contributed by atoms with Crippen molar-refractivity contribution in [3.8, 4) is 11.3 Å². The second kappa shape index (κ2) is 9.68. The van der Waals surface area contributed by atoms with Crippen molar-refractivity contribution in [2.75, 3.05) is 7.05 Å². The van der Waals surface area contributed by atoms with Gasteiger partial charge >= 0.3 is 0 Å². The molecule has 1 heterocycles. The van der Waals surface area contributed by atoms with E-state index in [1.807, 2.05) is 0 Å². The third kappa shape index (κ3) is 4.90. The fourth-order valence-electron chi connectivity index (χ4n) is 3.60. The van der Waals surface area contributed by atoms with E-state index in [9.17, 15) is 22.8 Å². The summed E-state index contributed by atoms with van der Waals surface area (Å²) in [5.74, 6) is -1.38. The van der Waals surface area contributed by atoms with Gasteiger partial charge in [-0.25, -0.2) is 13.2 Å². The Morgan fingerprint density at radius 2 is 1.81 bits per heavy atom. The van der Waals surface area contributed by atoms with Crippen LogP contribution < -0.4 is 10.6 Å². The number of carbonyl (C=O) groups is 2. The molecule has 3 aromatic rings. The zero-order valence-corrected chi connectivity index (χ0v) is 17.3. The monoisotopic (exact) mass is 431 g/mol. The third-order valence-electron chi connectivity index (χ3n) is 5.47. The van der Waals surface area contributed by atoms with Crippen LogP contribution in [0.3, 0.4) is 0 Å². The second-order valence-electron chi connectivity index (χ2n) is 7.48. The molecule has 1 aliphatic carbocycles. The van der Waals surface area contributed by atoms with Gasteiger partial charge in [0.2, 0.25) is 12.3 Å². The van der Waals surface area contributed by atoms with E-state index in [2.05, 4.69) is 15.6 Å². The first-order valence-corrected chi connectivity index (χ1v) is 10.0. The van der Waals surface area contributed by atoms with Crippen LogP contribution in [0.5, 0.6) is 0 Å². The second-order valence-corrected chi connectivity index (χ2v) is 7.48. The topological polar surface area (TPSA) is 74.0 Å². The largest absolute Gasteiger partial charge is 0.357 e. The van der Waals surface area contributed by atoms with Crippen LogP contribution in [0.1, 0.15) is 37.7 Å². The first-order valence-electron chi connectivity index (χ1n) is 10.0. The van der Waals surface area contributed by atoms with Crippen molar-refractivity contribution in [1.29, 1.82) is 0 Å². The van der Waals surface area contributed by atoms with Gasteiger partial charge in [0.15, 0.2) is 0 Å². The van der Waals surface area contributed by atoms with E-state index in [4.69, 9.17) is 0 Å². The number of rotatable bonds is 5. The molecule has 3 N–H and O–H groups in total. The standard InChI is InChI=1S/C18H14F3N.C5H10N2O2/c19-12-6-4-11(5-7-12)17-16(10-2-1-3-10)14-8-13(20)9-15(21)18(14)22-17;1-4(7-3-8)5(9)6-2/h4-10,22H,1-3H2;3-4H,1-2H3,(H,6,9)(H,7,8). The highest BCUT2D eigenvalue weighted by Gasteiger charge is 2.27. The fourth-order valence-corrected chi connectivity index (χ4v) is 3.60. The molecule has 1 fully saturated rings. The van der Waals surface area contributed by atoms with Crippen LogP contribution in [-0.2, 0) is 9.59 Å². The number of amides is 2. The van der Waals surface area contributed by atoms with Gasteiger partial charge in [0.25, 0.3) is 0 Å². The summed E-state index contributed by atoms with van der Waals surface area (Å²) < 4.78 is 40.8. The van der Waals surface area contributed by atoms with Crippen LogP contribution >= 0.6 is 0 Å². The Bertz CT molecular complexity index is 1080. The number of hydrogen-bond acceptors (Lipinski definition) is 2. The predicted molar refractivity (Wildman–Crippen MR) is 113 cm³/mol. The number of hydrogen-bond donors (Lipinski definition) is 3. The highest BCUT2D eigenvalue weighted by atomic mass is 19.1. The number of aromatic nitrogens is 1. The van der Waals surface area contributed by atoms with Crippen molar-refractivity contribution in [2.45, 2.75) is 38.1 Å². The molecule has 1 atom stereocenters. The molecule has 1 aliphatic rings. The van der Waals surface area contributed by atoms with Crippen molar-refractivity contribution >= 4 is 23.2 Å². The molecule has 0 bridgehead atoms. The summed E-state index contributed by atoms with van der Waals surface area (Å²) in [6, 6.07) is 7.91. The predicted octanol–water partition coefficient (Wildman–Crippen LogP) is 4.39. The Kier molecular flexibility index (Phi) is 6.99. The zero-order valence-electron chi connectivity index (χ0n) is 17.3. The van der Waals surface area contributed by atoms with Crippen LogP contribution in [0.4, 0.5) is 13.2 Å². The minimum atomic E-state index is -0.594. The van der Waals surface area contributed by atoms with E-state index < -0.39 is 17.7 Å². The lowest BCUT2D eigenvalue weighted by Crippen LogP contribution is -2.39. The van der Waals surface area contributed by atoms with E-state index >= 15 is 0 Å². The number of H-pyrrole nitrogens is 1. The molecule has 5 nitrogen and oxygen atoms in total. The van der Waals surface area contributed by atoms with Crippen molar-refractivity contribution < 1.29 is 22.8 Å². The smallest absolute Gasteiger partial charge is 0.242 e. The van der Waals surface area contributed by atoms with Crippen LogP contribution in [0, 0.1) is 17.5 Å². The minimum Gasteiger partial charge on any atom is -0.357 e. The molecule has 0 spiro atoms. The normalized spacial score (nSPS) is 14.2. The molecule has 2 aromatic carbocycles. The molecule has 164 valence electrons. The number of benzene rings is 2. The number of carbonyl (C=O) groups excluding carboxylic acids is 2. The summed E-state index contributed by atoms with van der Waals surface area (Å²) in [5.41, 5.74) is 2.83. The van der Waals surface area contributed by atoms with Gasteiger partial charge in [-0.3, -0.25) is 9.59 Å². The van der Waals surface area contributed by atoms with E-state index in [-0.39, 0.29) is 11.7 Å². The number of halogens is 3. The molecule has 4 rings (SSSR count). The number of nitrogens with one attached hydrogen (secondary N) is 3. The maximum Gasteiger partial charge on any atom is 0.242 e. The van der Waals surface area contributed by atoms with Gasteiger partial charge in [-0.2, -0.15) is 0 Å². The number of fused-ring (bicyclic) bond motifs is 1. The average molecular weight is 431 g/mol. The summed E-state index contributed by atoms with van der Waals surface area (Å²) >= 11 is 0. The summed E-state index contributed by atoms with van der Waals surface area (Å²) in [7, 11) is 1.52. The van der Waals surface area contributed by atoms with Gasteiger partial charge in [0.05, 0.1) is 11.2 Å². The van der Waals surface area contributed by atoms with E-state index in [1.54, 1.807) is 19.1 Å². The lowest BCUT2D eigenvalue weighted by Gasteiger charge is -2.26. The Labute approximate surface area is 178 Å². The Morgan fingerprint density at radius 1 is 1.13 bits per heavy atom. The van der Waals surface area contributed by atoms with Crippen LogP contribution in [0.2, 0.25) is 0 Å². The summed E-state index contributed by atoms with van der Waals surface area (Å²) in [6.45, 7) is 1.60. The van der Waals surface area contributed by atoms with Gasteiger partial charge in [0, 0.05) is 18.5 Å². The summed E-state index contributed by atoms with van der Waals surface area (Å²) in [5, 5.41) is 5.29. The van der Waals surface area contributed by atoms with Crippen molar-refractivity contribution in [3.63, 3.8) is 0 Å². The lowest BCUT2D eigenvalue weighted by atomic mass is 9.78. The van der Waals surface area contributed by atoms with Gasteiger partial charge < -0.3 is 15.6 Å². The highest BCUT2D eigenvalue weighted by molar-refractivity contribution is 5.92. The molecule has 31 heavy (non-hydrogen) atoms.